The lowest BCUT2D eigenvalue weighted by atomic mass is 10.1. The van der Waals surface area contributed by atoms with Gasteiger partial charge in [0.2, 0.25) is 6.79 Å². The molecule has 0 radical (unpaired) electrons. The first-order chi connectivity index (χ1) is 14.5. The van der Waals surface area contributed by atoms with Crippen LogP contribution in [0.3, 0.4) is 0 Å². The van der Waals surface area contributed by atoms with Crippen molar-refractivity contribution < 1.29 is 32.4 Å². The fourth-order valence-electron chi connectivity index (χ4n) is 2.91. The average molecular weight is 456 g/mol. The van der Waals surface area contributed by atoms with E-state index in [4.69, 9.17) is 23.0 Å². The number of carbonyl (C=O) groups is 1. The van der Waals surface area contributed by atoms with Crippen molar-refractivity contribution in [3.05, 3.63) is 30.0 Å². The Balaban J connectivity index is 2.19. The molecule has 174 valence electrons. The van der Waals surface area contributed by atoms with E-state index in [1.54, 1.807) is 47.1 Å². The fraction of sp³-hybridized carbons (Fsp3) is 0.571. The van der Waals surface area contributed by atoms with Gasteiger partial charge in [0.1, 0.15) is 5.75 Å². The van der Waals surface area contributed by atoms with Crippen molar-refractivity contribution >= 4 is 24.8 Å². The highest BCUT2D eigenvalue weighted by Gasteiger charge is 2.30. The van der Waals surface area contributed by atoms with Crippen molar-refractivity contribution in [3.63, 3.8) is 0 Å². The number of methoxy groups -OCH3 is 1. The van der Waals surface area contributed by atoms with E-state index in [1.165, 1.54) is 4.57 Å². The summed E-state index contributed by atoms with van der Waals surface area (Å²) in [5, 5.41) is 0.928. The number of benzene rings is 1. The molecule has 1 aromatic heterocycles. The summed E-state index contributed by atoms with van der Waals surface area (Å²) in [6.07, 6.45) is 1.05. The summed E-state index contributed by atoms with van der Waals surface area (Å²) >= 11 is 0. The van der Waals surface area contributed by atoms with Gasteiger partial charge in [0.15, 0.2) is 0 Å². The second kappa shape index (κ2) is 11.1. The maximum Gasteiger partial charge on any atom is 0.478 e. The van der Waals surface area contributed by atoms with Gasteiger partial charge in [-0.15, -0.1) is 0 Å². The SMILES string of the molecule is COc1ccc2c(CCN(C)C)cn(C(=O)OCOP(=O)(OC(C)C)OC(C)C)c2c1. The molecule has 1 aromatic carbocycles. The van der Waals surface area contributed by atoms with Crippen LogP contribution in [0.5, 0.6) is 5.75 Å². The number of hydrogen-bond acceptors (Lipinski definition) is 8. The molecule has 0 spiro atoms. The molecule has 0 N–H and O–H groups in total. The third-order valence-corrected chi connectivity index (χ3v) is 5.97. The van der Waals surface area contributed by atoms with Gasteiger partial charge < -0.3 is 14.4 Å². The van der Waals surface area contributed by atoms with Crippen LogP contribution in [0.15, 0.2) is 24.4 Å². The van der Waals surface area contributed by atoms with Crippen molar-refractivity contribution in [1.29, 1.82) is 0 Å². The van der Waals surface area contributed by atoms with E-state index in [1.807, 2.05) is 26.2 Å². The Morgan fingerprint density at radius 2 is 1.77 bits per heavy atom. The van der Waals surface area contributed by atoms with Crippen molar-refractivity contribution in [2.45, 2.75) is 46.3 Å². The van der Waals surface area contributed by atoms with E-state index < -0.39 is 20.7 Å². The van der Waals surface area contributed by atoms with E-state index in [9.17, 15) is 9.36 Å². The van der Waals surface area contributed by atoms with Crippen LogP contribution >= 0.6 is 7.82 Å². The molecular formula is C21H33N2O7P. The first kappa shape index (κ1) is 25.4. The first-order valence-corrected chi connectivity index (χ1v) is 11.6. The molecule has 0 aliphatic carbocycles. The summed E-state index contributed by atoms with van der Waals surface area (Å²) in [5.74, 6) is 0.621. The molecule has 0 aliphatic rings. The van der Waals surface area contributed by atoms with Crippen LogP contribution in [0.4, 0.5) is 4.79 Å². The molecule has 0 saturated carbocycles. The molecular weight excluding hydrogens is 423 g/mol. The van der Waals surface area contributed by atoms with Crippen LogP contribution in [-0.4, -0.2) is 62.3 Å². The van der Waals surface area contributed by atoms with E-state index in [2.05, 4.69) is 4.90 Å². The minimum absolute atomic E-state index is 0.389. The van der Waals surface area contributed by atoms with Gasteiger partial charge in [-0.2, -0.15) is 0 Å². The average Bonchev–Trinajstić information content (AvgIpc) is 3.02. The lowest BCUT2D eigenvalue weighted by Gasteiger charge is -2.21. The molecule has 0 amide bonds. The number of hydrogen-bond donors (Lipinski definition) is 0. The Bertz CT molecular complexity index is 910. The zero-order chi connectivity index (χ0) is 23.2. The summed E-state index contributed by atoms with van der Waals surface area (Å²) in [6, 6.07) is 5.54. The van der Waals surface area contributed by atoms with Crippen molar-refractivity contribution in [2.24, 2.45) is 0 Å². The van der Waals surface area contributed by atoms with Gasteiger partial charge in [-0.1, -0.05) is 0 Å². The monoisotopic (exact) mass is 456 g/mol. The molecule has 0 saturated heterocycles. The Hall–Kier alpha value is -1.90. The predicted molar refractivity (Wildman–Crippen MR) is 119 cm³/mol. The molecule has 9 nitrogen and oxygen atoms in total. The van der Waals surface area contributed by atoms with Crippen LogP contribution in [0.1, 0.15) is 33.3 Å². The lowest BCUT2D eigenvalue weighted by molar-refractivity contribution is 0.00779. The lowest BCUT2D eigenvalue weighted by Crippen LogP contribution is -2.17. The Labute approximate surface area is 183 Å². The number of phosphoric acid groups is 1. The summed E-state index contributed by atoms with van der Waals surface area (Å²) in [6.45, 7) is 7.08. The van der Waals surface area contributed by atoms with Gasteiger partial charge in [0.05, 0.1) is 24.8 Å². The zero-order valence-electron chi connectivity index (χ0n) is 19.3. The van der Waals surface area contributed by atoms with Crippen LogP contribution in [0.2, 0.25) is 0 Å². The van der Waals surface area contributed by atoms with Gasteiger partial charge in [-0.05, 0) is 65.9 Å². The van der Waals surface area contributed by atoms with Crippen LogP contribution in [-0.2, 0) is 29.3 Å². The van der Waals surface area contributed by atoms with Crippen molar-refractivity contribution in [2.75, 3.05) is 34.5 Å². The van der Waals surface area contributed by atoms with Crippen molar-refractivity contribution in [1.82, 2.24) is 9.47 Å². The highest BCUT2D eigenvalue weighted by Crippen LogP contribution is 2.51. The number of phosphoric ester groups is 1. The maximum absolute atomic E-state index is 12.8. The zero-order valence-corrected chi connectivity index (χ0v) is 20.2. The topological polar surface area (TPSA) is 88.5 Å². The van der Waals surface area contributed by atoms with Crippen LogP contribution in [0, 0.1) is 0 Å². The minimum Gasteiger partial charge on any atom is -0.497 e. The fourth-order valence-corrected chi connectivity index (χ4v) is 4.30. The Kier molecular flexibility index (Phi) is 9.09. The summed E-state index contributed by atoms with van der Waals surface area (Å²) < 4.78 is 40.4. The number of nitrogens with zero attached hydrogens (tertiary/aromatic N) is 2. The molecule has 0 atom stereocenters. The molecule has 0 bridgehead atoms. The van der Waals surface area contributed by atoms with E-state index in [0.29, 0.717) is 11.3 Å². The number of ether oxygens (including phenoxy) is 2. The van der Waals surface area contributed by atoms with Gasteiger partial charge in [-0.25, -0.2) is 13.9 Å². The largest absolute Gasteiger partial charge is 0.497 e. The van der Waals surface area contributed by atoms with Gasteiger partial charge in [0, 0.05) is 24.2 Å². The number of carbonyl (C=O) groups excluding carboxylic acids is 1. The molecule has 1 heterocycles. The first-order valence-electron chi connectivity index (χ1n) is 10.2. The predicted octanol–water partition coefficient (Wildman–Crippen LogP) is 4.67. The van der Waals surface area contributed by atoms with Gasteiger partial charge in [-0.3, -0.25) is 13.6 Å². The van der Waals surface area contributed by atoms with Crippen LogP contribution < -0.4 is 4.74 Å². The minimum atomic E-state index is -3.87. The second-order valence-corrected chi connectivity index (χ2v) is 9.45. The molecule has 10 heteroatoms. The standard InChI is InChI=1S/C21H33N2O7P/c1-15(2)29-31(25,30-16(3)4)28-14-27-21(24)23-13-17(10-11-22(5)6)19-9-8-18(26-7)12-20(19)23/h8-9,12-13,15-16H,10-11,14H2,1-7H3. The van der Waals surface area contributed by atoms with Gasteiger partial charge in [0.25, 0.3) is 0 Å². The van der Waals surface area contributed by atoms with Crippen molar-refractivity contribution in [3.8, 4) is 5.75 Å². The third-order valence-electron chi connectivity index (χ3n) is 4.19. The highest BCUT2D eigenvalue weighted by molar-refractivity contribution is 7.48. The van der Waals surface area contributed by atoms with E-state index >= 15 is 0 Å². The normalized spacial score (nSPS) is 12.3. The summed E-state index contributed by atoms with van der Waals surface area (Å²) in [7, 11) is 1.68. The summed E-state index contributed by atoms with van der Waals surface area (Å²) in [4.78, 5) is 14.8. The smallest absolute Gasteiger partial charge is 0.478 e. The Morgan fingerprint density at radius 3 is 2.32 bits per heavy atom. The molecule has 31 heavy (non-hydrogen) atoms. The molecule has 0 unspecified atom stereocenters. The molecule has 0 aliphatic heterocycles. The molecule has 2 rings (SSSR count). The number of likely N-dealkylation sites (N-methyl/N-ethyl adjacent to an activating group) is 1. The summed E-state index contributed by atoms with van der Waals surface area (Å²) in [5.41, 5.74) is 1.65. The van der Waals surface area contributed by atoms with E-state index in [-0.39, 0.29) is 12.2 Å². The quantitative estimate of drug-likeness (QED) is 0.356. The molecule has 2 aromatic rings. The Morgan fingerprint density at radius 1 is 1.13 bits per heavy atom. The second-order valence-electron chi connectivity index (χ2n) is 7.87. The van der Waals surface area contributed by atoms with Crippen LogP contribution in [0.25, 0.3) is 10.9 Å². The number of aromatic nitrogens is 1. The maximum atomic E-state index is 12.8. The number of rotatable bonds is 11. The van der Waals surface area contributed by atoms with E-state index in [0.717, 1.165) is 23.9 Å². The number of fused-ring (bicyclic) bond motifs is 1. The molecule has 0 fully saturated rings. The highest BCUT2D eigenvalue weighted by atomic mass is 31.2. The third kappa shape index (κ3) is 7.33. The van der Waals surface area contributed by atoms with Gasteiger partial charge >= 0.3 is 13.9 Å².